The summed E-state index contributed by atoms with van der Waals surface area (Å²) in [5.41, 5.74) is 3.06. The van der Waals surface area contributed by atoms with Crippen molar-refractivity contribution < 1.29 is 27.7 Å². The predicted octanol–water partition coefficient (Wildman–Crippen LogP) is 5.07. The molecule has 0 aromatic rings. The molecule has 0 heterocycles. The smallest absolute Gasteiger partial charge is 0.147 e. The van der Waals surface area contributed by atoms with Crippen LogP contribution in [-0.2, 0) is 27.7 Å². The summed E-state index contributed by atoms with van der Waals surface area (Å²) < 4.78 is 10.4. The van der Waals surface area contributed by atoms with Crippen LogP contribution in [-0.4, -0.2) is 24.2 Å². The van der Waals surface area contributed by atoms with Crippen molar-refractivity contribution in [2.75, 3.05) is 0 Å². The van der Waals surface area contributed by atoms with E-state index in [-0.39, 0.29) is 30.4 Å². The van der Waals surface area contributed by atoms with Crippen LogP contribution in [0, 0.1) is 0 Å². The predicted molar refractivity (Wildman–Crippen MR) is 114 cm³/mol. The molecule has 0 aromatic heterocycles. The molecule has 0 N–H and O–H groups in total. The summed E-state index contributed by atoms with van der Waals surface area (Å²) in [6.45, 7) is 14.0. The van der Waals surface area contributed by atoms with Crippen LogP contribution in [0.3, 0.4) is 0 Å². The summed E-state index contributed by atoms with van der Waals surface area (Å²) in [7, 11) is -0.430. The van der Waals surface area contributed by atoms with Crippen LogP contribution in [0.25, 0.3) is 0 Å². The molecule has 2 aliphatic carbocycles. The zero-order valence-corrected chi connectivity index (χ0v) is 23.2. The van der Waals surface area contributed by atoms with Crippen molar-refractivity contribution in [3.63, 3.8) is 0 Å². The molecule has 2 aliphatic rings. The van der Waals surface area contributed by atoms with Crippen molar-refractivity contribution in [1.29, 1.82) is 0 Å². The minimum Gasteiger partial charge on any atom is -0.147 e. The molecule has 2 rings (SSSR count). The maximum absolute atomic E-state index is 6.94. The van der Waals surface area contributed by atoms with Crippen molar-refractivity contribution in [2.45, 2.75) is 65.3 Å². The maximum atomic E-state index is 6.94. The first-order chi connectivity index (χ1) is 10.2. The van der Waals surface area contributed by atoms with Crippen LogP contribution in [0.4, 0.5) is 0 Å². The van der Waals surface area contributed by atoms with Crippen molar-refractivity contribution in [3.05, 3.63) is 41.1 Å². The molecule has 1 atom stereocenters. The molecule has 0 saturated carbocycles. The van der Waals surface area contributed by atoms with Crippen LogP contribution in [0.5, 0.6) is 0 Å². The second kappa shape index (κ2) is 9.67. The number of hydrogen-bond donors (Lipinski definition) is 0. The molecule has 0 fully saturated rings. The van der Waals surface area contributed by atoms with Gasteiger partial charge in [-0.25, -0.2) is 0 Å². The largest absolute Gasteiger partial charge is 0.147 e. The summed E-state index contributed by atoms with van der Waals surface area (Å²) in [6, 6.07) is 0. The Balaban J connectivity index is 0.00000264. The average Bonchev–Trinajstić information content (AvgIpc) is 2.97. The first-order valence-electron chi connectivity index (χ1n) is 8.44. The van der Waals surface area contributed by atoms with Crippen molar-refractivity contribution in [2.24, 2.45) is 0 Å². The normalized spacial score (nSPS) is 23.3. The number of allylic oxidation sites excluding steroid dienone is 6. The second-order valence-electron chi connectivity index (χ2n) is 7.49. The van der Waals surface area contributed by atoms with Gasteiger partial charge in [0.2, 0.25) is 0 Å². The van der Waals surface area contributed by atoms with E-state index in [1.165, 1.54) is 24.8 Å². The standard InChI is InChI=1S/C13H25OSi2.C5H5.2ClH.Zr/c1-7-8-13(14-16(4,5)6)9-12(15)10(2)11(13)3;1-2-4-5-3-1;;;/h7-8H2,1-6,15H3;1-3H,4H2;2*1H;. The van der Waals surface area contributed by atoms with Gasteiger partial charge in [-0.2, -0.15) is 0 Å². The third kappa shape index (κ3) is 5.17. The third-order valence-electron chi connectivity index (χ3n) is 4.65. The Kier molecular flexibility index (Phi) is 9.99. The SMILES string of the molecule is CCCC1(O[Si](C)(C)C)C(C)=C(C)C([SiH3])=[C]1[Zr][C]1=CC=CC1.Cl.Cl. The van der Waals surface area contributed by atoms with Gasteiger partial charge in [0.05, 0.1) is 0 Å². The Morgan fingerprint density at radius 1 is 1.25 bits per heavy atom. The summed E-state index contributed by atoms with van der Waals surface area (Å²) in [4.78, 5) is 0. The topological polar surface area (TPSA) is 9.23 Å². The maximum Gasteiger partial charge on any atom is -0.147 e. The fourth-order valence-corrected chi connectivity index (χ4v) is 10.8. The average molecular weight is 483 g/mol. The molecule has 0 aliphatic heterocycles. The van der Waals surface area contributed by atoms with E-state index < -0.39 is 31.6 Å². The van der Waals surface area contributed by atoms with Gasteiger partial charge >= 0.3 is 153 Å². The van der Waals surface area contributed by atoms with Gasteiger partial charge in [0, 0.05) is 0 Å². The molecular weight excluding hydrogens is 450 g/mol. The van der Waals surface area contributed by atoms with Gasteiger partial charge in [0.1, 0.15) is 0 Å². The van der Waals surface area contributed by atoms with Crippen LogP contribution < -0.4 is 0 Å². The molecule has 0 radical (unpaired) electrons. The Hall–Kier alpha value is 0.817. The zero-order valence-electron chi connectivity index (χ0n) is 16.1. The van der Waals surface area contributed by atoms with E-state index in [4.69, 9.17) is 4.43 Å². The Morgan fingerprint density at radius 3 is 2.33 bits per heavy atom. The molecule has 1 nitrogen and oxygen atoms in total. The Morgan fingerprint density at radius 2 is 1.88 bits per heavy atom. The molecule has 136 valence electrons. The third-order valence-corrected chi connectivity index (χ3v) is 12.3. The molecular formula is C18H32Cl2OSi2Zr. The van der Waals surface area contributed by atoms with Gasteiger partial charge in [-0.3, -0.25) is 0 Å². The number of rotatable bonds is 6. The second-order valence-corrected chi connectivity index (χ2v) is 16.3. The Labute approximate surface area is 176 Å². The minimum atomic E-state index is -1.59. The summed E-state index contributed by atoms with van der Waals surface area (Å²) >= 11 is -0.702. The van der Waals surface area contributed by atoms with Gasteiger partial charge in [-0.15, -0.1) is 24.8 Å². The molecule has 0 bridgehead atoms. The molecule has 1 unspecified atom stereocenters. The van der Waals surface area contributed by atoms with Gasteiger partial charge in [0.25, 0.3) is 0 Å². The van der Waals surface area contributed by atoms with Crippen LogP contribution in [0.2, 0.25) is 19.6 Å². The quantitative estimate of drug-likeness (QED) is 0.480. The van der Waals surface area contributed by atoms with E-state index in [0.717, 1.165) is 10.2 Å². The summed E-state index contributed by atoms with van der Waals surface area (Å²) in [6.07, 6.45) is 10.5. The first-order valence-corrected chi connectivity index (χ1v) is 15.3. The van der Waals surface area contributed by atoms with E-state index in [1.807, 2.05) is 0 Å². The molecule has 0 amide bonds. The van der Waals surface area contributed by atoms with E-state index in [9.17, 15) is 0 Å². The van der Waals surface area contributed by atoms with Crippen molar-refractivity contribution in [3.8, 4) is 0 Å². The fraction of sp³-hybridized carbons (Fsp3) is 0.556. The van der Waals surface area contributed by atoms with Gasteiger partial charge < -0.3 is 0 Å². The minimum absolute atomic E-state index is 0. The molecule has 6 heteroatoms. The summed E-state index contributed by atoms with van der Waals surface area (Å²) in [5, 5.41) is 1.68. The van der Waals surface area contributed by atoms with E-state index >= 15 is 0 Å². The fourth-order valence-electron chi connectivity index (χ4n) is 3.52. The Bertz CT molecular complexity index is 588. The van der Waals surface area contributed by atoms with Crippen molar-refractivity contribution in [1.82, 2.24) is 0 Å². The summed E-state index contributed by atoms with van der Waals surface area (Å²) in [5.74, 6) is 0. The number of halogens is 2. The van der Waals surface area contributed by atoms with Crippen LogP contribution in [0.1, 0.15) is 40.0 Å². The van der Waals surface area contributed by atoms with Gasteiger partial charge in [-0.1, -0.05) is 0 Å². The molecule has 0 saturated heterocycles. The first kappa shape index (κ1) is 24.8. The monoisotopic (exact) mass is 480 g/mol. The van der Waals surface area contributed by atoms with Crippen LogP contribution in [0.15, 0.2) is 41.1 Å². The van der Waals surface area contributed by atoms with E-state index in [0.29, 0.717) is 0 Å². The molecule has 24 heavy (non-hydrogen) atoms. The number of hydrogen-bond acceptors (Lipinski definition) is 1. The van der Waals surface area contributed by atoms with E-state index in [2.05, 4.69) is 58.6 Å². The zero-order chi connectivity index (χ0) is 16.5. The molecule has 0 aromatic carbocycles. The molecule has 0 spiro atoms. The van der Waals surface area contributed by atoms with E-state index in [1.54, 1.807) is 17.3 Å². The van der Waals surface area contributed by atoms with Gasteiger partial charge in [-0.05, 0) is 0 Å². The van der Waals surface area contributed by atoms with Crippen LogP contribution >= 0.6 is 24.8 Å². The van der Waals surface area contributed by atoms with Gasteiger partial charge in [0.15, 0.2) is 0 Å². The van der Waals surface area contributed by atoms with Crippen molar-refractivity contribution >= 4 is 43.4 Å².